The summed E-state index contributed by atoms with van der Waals surface area (Å²) in [6.45, 7) is 3.18. The van der Waals surface area contributed by atoms with E-state index in [0.717, 1.165) is 45.6 Å². The van der Waals surface area contributed by atoms with Crippen LogP contribution in [-0.2, 0) is 9.59 Å². The van der Waals surface area contributed by atoms with Crippen LogP contribution >= 0.6 is 0 Å². The van der Waals surface area contributed by atoms with Gasteiger partial charge in [0.1, 0.15) is 17.0 Å². The SMILES string of the molecule is Cc1ccc2cccc(OCCCOc3ccccc3-c3ccccc3)c2n1.O=C(O)C(=O)O. The van der Waals surface area contributed by atoms with E-state index in [2.05, 4.69) is 35.3 Å². The molecule has 0 aliphatic carbocycles. The van der Waals surface area contributed by atoms with Gasteiger partial charge in [-0.05, 0) is 30.7 Å². The number of hydrogen-bond donors (Lipinski definition) is 2. The van der Waals surface area contributed by atoms with Crippen LogP contribution in [0.4, 0.5) is 0 Å². The van der Waals surface area contributed by atoms with E-state index in [-0.39, 0.29) is 0 Å². The van der Waals surface area contributed by atoms with E-state index in [1.165, 1.54) is 0 Å². The second-order valence-electron chi connectivity index (χ2n) is 7.30. The molecule has 0 spiro atoms. The molecule has 4 rings (SSSR count). The van der Waals surface area contributed by atoms with Crippen LogP contribution in [0.5, 0.6) is 11.5 Å². The summed E-state index contributed by atoms with van der Waals surface area (Å²) in [4.78, 5) is 22.8. The van der Waals surface area contributed by atoms with Crippen molar-refractivity contribution in [3.8, 4) is 22.6 Å². The molecule has 174 valence electrons. The summed E-state index contributed by atoms with van der Waals surface area (Å²) < 4.78 is 12.0. The zero-order chi connectivity index (χ0) is 24.3. The van der Waals surface area contributed by atoms with Crippen molar-refractivity contribution < 1.29 is 29.3 Å². The Hall–Kier alpha value is -4.39. The van der Waals surface area contributed by atoms with Crippen LogP contribution in [0.1, 0.15) is 12.1 Å². The second-order valence-corrected chi connectivity index (χ2v) is 7.30. The van der Waals surface area contributed by atoms with E-state index in [1.807, 2.05) is 61.5 Å². The van der Waals surface area contributed by atoms with Gasteiger partial charge in [0.25, 0.3) is 0 Å². The number of carboxylic acids is 2. The summed E-state index contributed by atoms with van der Waals surface area (Å²) >= 11 is 0. The molecule has 34 heavy (non-hydrogen) atoms. The number of hydrogen-bond acceptors (Lipinski definition) is 5. The van der Waals surface area contributed by atoms with E-state index < -0.39 is 11.9 Å². The number of benzene rings is 3. The van der Waals surface area contributed by atoms with Crippen LogP contribution < -0.4 is 9.47 Å². The van der Waals surface area contributed by atoms with Crippen molar-refractivity contribution in [1.29, 1.82) is 0 Å². The van der Waals surface area contributed by atoms with Gasteiger partial charge < -0.3 is 19.7 Å². The van der Waals surface area contributed by atoms with E-state index in [9.17, 15) is 0 Å². The Morgan fingerprint density at radius 1 is 0.735 bits per heavy atom. The summed E-state index contributed by atoms with van der Waals surface area (Å²) in [6, 6.07) is 28.6. The van der Waals surface area contributed by atoms with Crippen molar-refractivity contribution in [1.82, 2.24) is 4.98 Å². The molecule has 7 heteroatoms. The lowest BCUT2D eigenvalue weighted by Crippen LogP contribution is -2.09. The molecule has 0 aliphatic rings. The van der Waals surface area contributed by atoms with Crippen LogP contribution in [0.25, 0.3) is 22.0 Å². The Morgan fingerprint density at radius 2 is 1.35 bits per heavy atom. The standard InChI is InChI=1S/C25H23NO2.C2H2O4/c1-19-15-16-21-11-7-14-24(25(21)26-19)28-18-8-17-27-23-13-6-5-12-22(23)20-9-3-2-4-10-20;3-1(4)2(5)6/h2-7,9-16H,8,17-18H2,1H3;(H,3,4)(H,5,6). The van der Waals surface area contributed by atoms with Crippen LogP contribution in [0, 0.1) is 6.92 Å². The molecule has 0 radical (unpaired) electrons. The molecule has 0 bridgehead atoms. The number of pyridine rings is 1. The highest BCUT2D eigenvalue weighted by atomic mass is 16.5. The molecular formula is C27H25NO6. The highest BCUT2D eigenvalue weighted by Crippen LogP contribution is 2.29. The Balaban J connectivity index is 0.000000481. The van der Waals surface area contributed by atoms with Gasteiger partial charge in [-0.1, -0.05) is 66.7 Å². The molecule has 7 nitrogen and oxygen atoms in total. The zero-order valence-corrected chi connectivity index (χ0v) is 18.7. The normalized spacial score (nSPS) is 10.1. The van der Waals surface area contributed by atoms with Crippen molar-refractivity contribution in [2.45, 2.75) is 13.3 Å². The van der Waals surface area contributed by atoms with Crippen molar-refractivity contribution in [3.63, 3.8) is 0 Å². The van der Waals surface area contributed by atoms with Gasteiger partial charge in [-0.3, -0.25) is 0 Å². The average molecular weight is 459 g/mol. The van der Waals surface area contributed by atoms with Gasteiger partial charge in [-0.25, -0.2) is 14.6 Å². The second kappa shape index (κ2) is 12.0. The number of nitrogens with zero attached hydrogens (tertiary/aromatic N) is 1. The molecule has 0 atom stereocenters. The third-order valence-corrected chi connectivity index (χ3v) is 4.78. The fourth-order valence-corrected chi connectivity index (χ4v) is 3.21. The Kier molecular flexibility index (Phi) is 8.57. The number of carbonyl (C=O) groups is 2. The minimum atomic E-state index is -1.82. The molecule has 3 aromatic carbocycles. The Labute approximate surface area is 197 Å². The van der Waals surface area contributed by atoms with Gasteiger partial charge >= 0.3 is 11.9 Å². The first-order valence-electron chi connectivity index (χ1n) is 10.7. The first-order chi connectivity index (χ1) is 16.5. The summed E-state index contributed by atoms with van der Waals surface area (Å²) in [5, 5.41) is 15.9. The molecule has 0 saturated heterocycles. The molecule has 0 fully saturated rings. The number of fused-ring (bicyclic) bond motifs is 1. The molecule has 1 heterocycles. The number of para-hydroxylation sites is 2. The maximum Gasteiger partial charge on any atom is 0.414 e. The topological polar surface area (TPSA) is 106 Å². The van der Waals surface area contributed by atoms with Crippen molar-refractivity contribution in [2.75, 3.05) is 13.2 Å². The summed E-state index contributed by atoms with van der Waals surface area (Å²) in [5.41, 5.74) is 4.17. The fraction of sp³-hybridized carbons (Fsp3) is 0.148. The molecule has 0 saturated carbocycles. The molecular weight excluding hydrogens is 434 g/mol. The third-order valence-electron chi connectivity index (χ3n) is 4.78. The first kappa shape index (κ1) is 24.3. The minimum Gasteiger partial charge on any atom is -0.493 e. The molecule has 0 unspecified atom stereocenters. The number of aryl methyl sites for hydroxylation is 1. The maximum atomic E-state index is 9.10. The van der Waals surface area contributed by atoms with Crippen LogP contribution in [0.3, 0.4) is 0 Å². The van der Waals surface area contributed by atoms with Gasteiger partial charge in [0, 0.05) is 23.1 Å². The minimum absolute atomic E-state index is 0.586. The van der Waals surface area contributed by atoms with E-state index in [0.29, 0.717) is 13.2 Å². The third kappa shape index (κ3) is 6.80. The maximum absolute atomic E-state index is 9.10. The number of rotatable bonds is 7. The average Bonchev–Trinajstić information content (AvgIpc) is 2.85. The lowest BCUT2D eigenvalue weighted by atomic mass is 10.1. The molecule has 4 aromatic rings. The number of carboxylic acid groups (broad SMARTS) is 2. The van der Waals surface area contributed by atoms with E-state index in [1.54, 1.807) is 0 Å². The van der Waals surface area contributed by atoms with Gasteiger partial charge in [0.2, 0.25) is 0 Å². The largest absolute Gasteiger partial charge is 0.493 e. The fourth-order valence-electron chi connectivity index (χ4n) is 3.21. The van der Waals surface area contributed by atoms with Gasteiger partial charge in [0.05, 0.1) is 13.2 Å². The zero-order valence-electron chi connectivity index (χ0n) is 18.7. The number of aliphatic carboxylic acids is 2. The Morgan fingerprint density at radius 3 is 2.06 bits per heavy atom. The molecule has 2 N–H and O–H groups in total. The number of aromatic nitrogens is 1. The quantitative estimate of drug-likeness (QED) is 0.288. The summed E-state index contributed by atoms with van der Waals surface area (Å²) in [6.07, 6.45) is 0.797. The predicted octanol–water partition coefficient (Wildman–Crippen LogP) is 5.21. The van der Waals surface area contributed by atoms with Gasteiger partial charge in [-0.2, -0.15) is 0 Å². The van der Waals surface area contributed by atoms with E-state index in [4.69, 9.17) is 29.3 Å². The van der Waals surface area contributed by atoms with Crippen LogP contribution in [0.15, 0.2) is 84.9 Å². The van der Waals surface area contributed by atoms with E-state index >= 15 is 0 Å². The van der Waals surface area contributed by atoms with Crippen molar-refractivity contribution in [2.24, 2.45) is 0 Å². The molecule has 1 aromatic heterocycles. The number of ether oxygens (including phenoxy) is 2. The van der Waals surface area contributed by atoms with Gasteiger partial charge in [-0.15, -0.1) is 0 Å². The lowest BCUT2D eigenvalue weighted by Gasteiger charge is -2.12. The monoisotopic (exact) mass is 459 g/mol. The van der Waals surface area contributed by atoms with Gasteiger partial charge in [0.15, 0.2) is 0 Å². The summed E-state index contributed by atoms with van der Waals surface area (Å²) in [5.74, 6) is -1.92. The molecule has 0 aliphatic heterocycles. The van der Waals surface area contributed by atoms with Crippen molar-refractivity contribution >= 4 is 22.8 Å². The Bertz CT molecular complexity index is 1240. The smallest absolute Gasteiger partial charge is 0.414 e. The highest BCUT2D eigenvalue weighted by molar-refractivity contribution is 6.27. The lowest BCUT2D eigenvalue weighted by molar-refractivity contribution is -0.159. The first-order valence-corrected chi connectivity index (χ1v) is 10.7. The highest BCUT2D eigenvalue weighted by Gasteiger charge is 2.07. The van der Waals surface area contributed by atoms with Crippen LogP contribution in [-0.4, -0.2) is 40.3 Å². The predicted molar refractivity (Wildman–Crippen MR) is 129 cm³/mol. The van der Waals surface area contributed by atoms with Crippen molar-refractivity contribution in [3.05, 3.63) is 90.6 Å². The molecule has 0 amide bonds. The van der Waals surface area contributed by atoms with Crippen LogP contribution in [0.2, 0.25) is 0 Å². The summed E-state index contributed by atoms with van der Waals surface area (Å²) in [7, 11) is 0.